The molecule has 0 amide bonds. The second-order valence-corrected chi connectivity index (χ2v) is 8.33. The van der Waals surface area contributed by atoms with Crippen molar-refractivity contribution in [1.82, 2.24) is 4.31 Å². The van der Waals surface area contributed by atoms with Crippen LogP contribution < -0.4 is 0 Å². The number of nitrogens with zero attached hydrogens (tertiary/aromatic N) is 1. The van der Waals surface area contributed by atoms with Crippen LogP contribution in [0.2, 0.25) is 0 Å². The molecule has 1 fully saturated rings. The Balaban J connectivity index is 2.37. The van der Waals surface area contributed by atoms with E-state index in [4.69, 9.17) is 5.11 Å². The summed E-state index contributed by atoms with van der Waals surface area (Å²) in [6.45, 7) is 2.12. The highest BCUT2D eigenvalue weighted by molar-refractivity contribution is 9.11. The lowest BCUT2D eigenvalue weighted by atomic mass is 10.1. The first-order chi connectivity index (χ1) is 9.23. The van der Waals surface area contributed by atoms with Crippen LogP contribution in [0, 0.1) is 12.8 Å². The average molecular weight is 427 g/mol. The van der Waals surface area contributed by atoms with Gasteiger partial charge in [0, 0.05) is 22.0 Å². The number of hydrogen-bond acceptors (Lipinski definition) is 3. The molecule has 1 N–H and O–H groups in total. The summed E-state index contributed by atoms with van der Waals surface area (Å²) in [5.41, 5.74) is 0.917. The zero-order valence-electron chi connectivity index (χ0n) is 10.6. The zero-order valence-corrected chi connectivity index (χ0v) is 14.6. The largest absolute Gasteiger partial charge is 0.481 e. The van der Waals surface area contributed by atoms with Gasteiger partial charge in [-0.3, -0.25) is 4.79 Å². The van der Waals surface area contributed by atoms with Crippen molar-refractivity contribution in [2.45, 2.75) is 18.2 Å². The van der Waals surface area contributed by atoms with Crippen LogP contribution in [0.1, 0.15) is 12.0 Å². The van der Waals surface area contributed by atoms with E-state index < -0.39 is 21.9 Å². The Morgan fingerprint density at radius 1 is 1.35 bits per heavy atom. The van der Waals surface area contributed by atoms with E-state index in [0.29, 0.717) is 15.4 Å². The van der Waals surface area contributed by atoms with Gasteiger partial charge in [-0.15, -0.1) is 0 Å². The van der Waals surface area contributed by atoms with Gasteiger partial charge in [0.1, 0.15) is 0 Å². The van der Waals surface area contributed by atoms with Crippen LogP contribution in [0.5, 0.6) is 0 Å². The molecule has 1 saturated heterocycles. The first-order valence-corrected chi connectivity index (χ1v) is 8.94. The van der Waals surface area contributed by atoms with Crippen LogP contribution in [0.4, 0.5) is 0 Å². The van der Waals surface area contributed by atoms with Gasteiger partial charge in [-0.2, -0.15) is 4.31 Å². The van der Waals surface area contributed by atoms with Crippen molar-refractivity contribution in [2.75, 3.05) is 13.1 Å². The minimum absolute atomic E-state index is 0.0234. The predicted octanol–water partition coefficient (Wildman–Crippen LogP) is 2.62. The smallest absolute Gasteiger partial charge is 0.307 e. The summed E-state index contributed by atoms with van der Waals surface area (Å²) >= 11 is 6.58. The quantitative estimate of drug-likeness (QED) is 0.805. The highest BCUT2D eigenvalue weighted by Gasteiger charge is 2.36. The fourth-order valence-electron chi connectivity index (χ4n) is 2.11. The predicted molar refractivity (Wildman–Crippen MR) is 81.1 cm³/mol. The molecule has 0 radical (unpaired) electrons. The molecule has 1 aliphatic rings. The molecule has 0 saturated carbocycles. The van der Waals surface area contributed by atoms with Crippen LogP contribution in [0.25, 0.3) is 0 Å². The lowest BCUT2D eigenvalue weighted by Crippen LogP contribution is -2.30. The van der Waals surface area contributed by atoms with Gasteiger partial charge in [0.2, 0.25) is 10.0 Å². The Hall–Kier alpha value is -0.440. The molecule has 2 rings (SSSR count). The maximum Gasteiger partial charge on any atom is 0.307 e. The molecule has 1 aromatic rings. The molecule has 20 heavy (non-hydrogen) atoms. The summed E-state index contributed by atoms with van der Waals surface area (Å²) in [5, 5.41) is 8.96. The van der Waals surface area contributed by atoms with Gasteiger partial charge >= 0.3 is 5.97 Å². The molecule has 0 bridgehead atoms. The van der Waals surface area contributed by atoms with E-state index in [1.165, 1.54) is 4.31 Å². The molecule has 0 spiro atoms. The van der Waals surface area contributed by atoms with E-state index in [2.05, 4.69) is 31.9 Å². The molecule has 1 aromatic carbocycles. The molecule has 8 heteroatoms. The zero-order chi connectivity index (χ0) is 15.1. The van der Waals surface area contributed by atoms with E-state index >= 15 is 0 Å². The molecule has 0 aliphatic carbocycles. The lowest BCUT2D eigenvalue weighted by molar-refractivity contribution is -0.141. The Bertz CT molecular complexity index is 660. The summed E-state index contributed by atoms with van der Waals surface area (Å²) < 4.78 is 27.6. The minimum Gasteiger partial charge on any atom is -0.481 e. The number of hydrogen-bond donors (Lipinski definition) is 1. The van der Waals surface area contributed by atoms with Crippen LogP contribution in [-0.2, 0) is 14.8 Å². The summed E-state index contributed by atoms with van der Waals surface area (Å²) in [6, 6.07) is 3.27. The number of benzene rings is 1. The number of aryl methyl sites for hydroxylation is 1. The summed E-state index contributed by atoms with van der Waals surface area (Å²) in [6.07, 6.45) is 0.346. The number of halogens is 2. The van der Waals surface area contributed by atoms with Crippen LogP contribution >= 0.6 is 31.9 Å². The fraction of sp³-hybridized carbons (Fsp3) is 0.417. The standard InChI is InChI=1S/C12H13Br2NO4S/c1-7-4-10(14)11(5-9(7)13)20(18,19)15-3-2-8(6-15)12(16)17/h4-5,8H,2-3,6H2,1H3,(H,16,17). The number of rotatable bonds is 3. The van der Waals surface area contributed by atoms with Crippen molar-refractivity contribution < 1.29 is 18.3 Å². The third kappa shape index (κ3) is 2.93. The summed E-state index contributed by atoms with van der Waals surface area (Å²) in [5.74, 6) is -1.58. The van der Waals surface area contributed by atoms with Crippen molar-refractivity contribution in [3.8, 4) is 0 Å². The molecule has 1 heterocycles. The summed E-state index contributed by atoms with van der Waals surface area (Å²) in [4.78, 5) is 11.1. The van der Waals surface area contributed by atoms with E-state index in [-0.39, 0.29) is 18.0 Å². The molecule has 1 atom stereocenters. The second-order valence-electron chi connectivity index (χ2n) is 4.72. The third-order valence-corrected chi connectivity index (χ3v) is 7.01. The first kappa shape index (κ1) is 15.9. The van der Waals surface area contributed by atoms with E-state index in [1.54, 1.807) is 12.1 Å². The van der Waals surface area contributed by atoms with Gasteiger partial charge in [0.25, 0.3) is 0 Å². The van der Waals surface area contributed by atoms with Crippen LogP contribution in [0.3, 0.4) is 0 Å². The monoisotopic (exact) mass is 425 g/mol. The number of carbonyl (C=O) groups is 1. The highest BCUT2D eigenvalue weighted by atomic mass is 79.9. The Kier molecular flexibility index (Phi) is 4.58. The van der Waals surface area contributed by atoms with Crippen LogP contribution in [0.15, 0.2) is 26.0 Å². The van der Waals surface area contributed by atoms with Gasteiger partial charge in [-0.05, 0) is 47.0 Å². The molecule has 0 aromatic heterocycles. The Morgan fingerprint density at radius 2 is 2.00 bits per heavy atom. The maximum absolute atomic E-state index is 12.6. The lowest BCUT2D eigenvalue weighted by Gasteiger charge is -2.17. The molecule has 5 nitrogen and oxygen atoms in total. The molecule has 110 valence electrons. The topological polar surface area (TPSA) is 74.7 Å². The number of carboxylic acid groups (broad SMARTS) is 1. The van der Waals surface area contributed by atoms with Crippen LogP contribution in [-0.4, -0.2) is 36.9 Å². The van der Waals surface area contributed by atoms with Crippen molar-refractivity contribution in [1.29, 1.82) is 0 Å². The van der Waals surface area contributed by atoms with Crippen molar-refractivity contribution >= 4 is 47.9 Å². The molecule has 1 aliphatic heterocycles. The highest BCUT2D eigenvalue weighted by Crippen LogP contribution is 2.32. The maximum atomic E-state index is 12.6. The average Bonchev–Trinajstić information content (AvgIpc) is 2.83. The Labute approximate surface area is 134 Å². The number of aliphatic carboxylic acids is 1. The first-order valence-electron chi connectivity index (χ1n) is 5.92. The van der Waals surface area contributed by atoms with Crippen molar-refractivity contribution in [2.24, 2.45) is 5.92 Å². The van der Waals surface area contributed by atoms with Crippen molar-refractivity contribution in [3.63, 3.8) is 0 Å². The molecular formula is C12H13Br2NO4S. The van der Waals surface area contributed by atoms with Crippen molar-refractivity contribution in [3.05, 3.63) is 26.6 Å². The van der Waals surface area contributed by atoms with Gasteiger partial charge in [0.05, 0.1) is 10.8 Å². The van der Waals surface area contributed by atoms with Gasteiger partial charge in [-0.25, -0.2) is 8.42 Å². The number of sulfonamides is 1. The minimum atomic E-state index is -3.68. The van der Waals surface area contributed by atoms with Gasteiger partial charge in [-0.1, -0.05) is 15.9 Å². The third-order valence-electron chi connectivity index (χ3n) is 3.33. The summed E-state index contributed by atoms with van der Waals surface area (Å²) in [7, 11) is -3.68. The SMILES string of the molecule is Cc1cc(Br)c(S(=O)(=O)N2CCC(C(=O)O)C2)cc1Br. The second kappa shape index (κ2) is 5.75. The van der Waals surface area contributed by atoms with E-state index in [1.807, 2.05) is 6.92 Å². The fourth-order valence-corrected chi connectivity index (χ4v) is 5.25. The van der Waals surface area contributed by atoms with Gasteiger partial charge in [0.15, 0.2) is 0 Å². The van der Waals surface area contributed by atoms with E-state index in [9.17, 15) is 13.2 Å². The Morgan fingerprint density at radius 3 is 2.55 bits per heavy atom. The van der Waals surface area contributed by atoms with E-state index in [0.717, 1.165) is 5.56 Å². The number of carboxylic acids is 1. The molecule has 1 unspecified atom stereocenters. The molecular weight excluding hydrogens is 414 g/mol. The normalized spacial score (nSPS) is 20.2. The van der Waals surface area contributed by atoms with Gasteiger partial charge < -0.3 is 5.11 Å².